The van der Waals surface area contributed by atoms with E-state index in [-0.39, 0.29) is 17.6 Å². The second kappa shape index (κ2) is 8.44. The quantitative estimate of drug-likeness (QED) is 0.782. The highest BCUT2D eigenvalue weighted by Gasteiger charge is 2.14. The van der Waals surface area contributed by atoms with Crippen LogP contribution >= 0.6 is 11.6 Å². The van der Waals surface area contributed by atoms with Gasteiger partial charge in [0.25, 0.3) is 5.91 Å². The van der Waals surface area contributed by atoms with Gasteiger partial charge in [0.1, 0.15) is 5.82 Å². The van der Waals surface area contributed by atoms with E-state index in [1.807, 2.05) is 13.8 Å². The summed E-state index contributed by atoms with van der Waals surface area (Å²) >= 11 is 5.95. The van der Waals surface area contributed by atoms with Crippen LogP contribution in [-0.2, 0) is 4.79 Å². The molecule has 2 rings (SSSR count). The molecule has 0 bridgehead atoms. The Morgan fingerprint density at radius 3 is 2.56 bits per heavy atom. The van der Waals surface area contributed by atoms with Crippen LogP contribution < -0.4 is 10.6 Å². The van der Waals surface area contributed by atoms with Crippen molar-refractivity contribution in [3.63, 3.8) is 0 Å². The van der Waals surface area contributed by atoms with Crippen molar-refractivity contribution >= 4 is 35.2 Å². The number of rotatable bonds is 5. The summed E-state index contributed by atoms with van der Waals surface area (Å²) in [5, 5.41) is 5.74. The molecule has 0 unspecified atom stereocenters. The van der Waals surface area contributed by atoms with Crippen molar-refractivity contribution in [2.45, 2.75) is 19.9 Å². The summed E-state index contributed by atoms with van der Waals surface area (Å²) in [6.07, 6.45) is 2.56. The first-order valence-electron chi connectivity index (χ1n) is 7.71. The van der Waals surface area contributed by atoms with Gasteiger partial charge in [-0.15, -0.1) is 0 Å². The van der Waals surface area contributed by atoms with Crippen LogP contribution in [0.3, 0.4) is 0 Å². The molecule has 0 aliphatic heterocycles. The third-order valence-electron chi connectivity index (χ3n) is 3.22. The minimum atomic E-state index is -0.496. The number of anilines is 1. The Labute approximate surface area is 150 Å². The number of nitrogens with one attached hydrogen (secondary N) is 2. The molecule has 2 aromatic rings. The van der Waals surface area contributed by atoms with E-state index in [0.717, 1.165) is 0 Å². The molecule has 4 nitrogen and oxygen atoms in total. The molecule has 6 heteroatoms. The molecular weight excluding hydrogens is 343 g/mol. The Hall–Kier alpha value is -2.66. The fraction of sp³-hybridized carbons (Fsp3) is 0.158. The first kappa shape index (κ1) is 18.7. The molecule has 0 saturated carbocycles. The minimum Gasteiger partial charge on any atom is -0.350 e. The topological polar surface area (TPSA) is 58.2 Å². The second-order valence-electron chi connectivity index (χ2n) is 5.66. The van der Waals surface area contributed by atoms with Crippen LogP contribution in [0.25, 0.3) is 6.08 Å². The third kappa shape index (κ3) is 5.43. The molecule has 2 aromatic carbocycles. The van der Waals surface area contributed by atoms with Gasteiger partial charge >= 0.3 is 0 Å². The van der Waals surface area contributed by atoms with Gasteiger partial charge in [0.15, 0.2) is 0 Å². The van der Waals surface area contributed by atoms with E-state index >= 15 is 0 Å². The van der Waals surface area contributed by atoms with Gasteiger partial charge in [0, 0.05) is 22.7 Å². The van der Waals surface area contributed by atoms with Crippen LogP contribution in [0, 0.1) is 5.82 Å². The van der Waals surface area contributed by atoms with Crippen molar-refractivity contribution < 1.29 is 14.0 Å². The summed E-state index contributed by atoms with van der Waals surface area (Å²) in [5.41, 5.74) is 0.876. The van der Waals surface area contributed by atoms with Crippen molar-refractivity contribution in [3.05, 3.63) is 70.5 Å². The average molecular weight is 361 g/mol. The van der Waals surface area contributed by atoms with Gasteiger partial charge < -0.3 is 10.6 Å². The number of hydrogen-bond donors (Lipinski definition) is 2. The Bertz CT molecular complexity index is 819. The summed E-state index contributed by atoms with van der Waals surface area (Å²) in [6, 6.07) is 10.7. The molecular formula is C19H18ClFN2O2. The Morgan fingerprint density at radius 1 is 1.16 bits per heavy atom. The number of hydrogen-bond acceptors (Lipinski definition) is 2. The third-order valence-corrected chi connectivity index (χ3v) is 3.46. The predicted molar refractivity (Wildman–Crippen MR) is 98.1 cm³/mol. The summed E-state index contributed by atoms with van der Waals surface area (Å²) in [6.45, 7) is 3.67. The predicted octanol–water partition coefficient (Wildman–Crippen LogP) is 4.27. The van der Waals surface area contributed by atoms with Gasteiger partial charge in [0.2, 0.25) is 5.91 Å². The first-order chi connectivity index (χ1) is 11.9. The van der Waals surface area contributed by atoms with E-state index in [2.05, 4.69) is 10.6 Å². The van der Waals surface area contributed by atoms with Crippen LogP contribution in [0.5, 0.6) is 0 Å². The summed E-state index contributed by atoms with van der Waals surface area (Å²) in [4.78, 5) is 24.3. The van der Waals surface area contributed by atoms with E-state index < -0.39 is 11.7 Å². The monoisotopic (exact) mass is 360 g/mol. The molecule has 130 valence electrons. The fourth-order valence-corrected chi connectivity index (χ4v) is 2.28. The minimum absolute atomic E-state index is 0.0484. The SMILES string of the molecule is CC(C)NC(=O)c1ccc(Cl)cc1NC(=O)/C=C/c1ccccc1F. The molecule has 2 amide bonds. The molecule has 0 saturated heterocycles. The van der Waals surface area contributed by atoms with Gasteiger partial charge in [0.05, 0.1) is 11.3 Å². The zero-order valence-electron chi connectivity index (χ0n) is 13.8. The van der Waals surface area contributed by atoms with Gasteiger partial charge in [-0.2, -0.15) is 0 Å². The standard InChI is InChI=1S/C19H18ClFN2O2/c1-12(2)22-19(25)15-9-8-14(20)11-17(15)23-18(24)10-7-13-5-3-4-6-16(13)21/h3-12H,1-2H3,(H,22,25)(H,23,24)/b10-7+. The largest absolute Gasteiger partial charge is 0.350 e. The molecule has 25 heavy (non-hydrogen) atoms. The Balaban J connectivity index is 2.18. The van der Waals surface area contributed by atoms with Crippen molar-refractivity contribution in [3.8, 4) is 0 Å². The van der Waals surface area contributed by atoms with Crippen LogP contribution in [0.15, 0.2) is 48.5 Å². The molecule has 0 radical (unpaired) electrons. The molecule has 0 aliphatic rings. The van der Waals surface area contributed by atoms with Gasteiger partial charge in [-0.25, -0.2) is 4.39 Å². The summed E-state index contributed by atoms with van der Waals surface area (Å²) < 4.78 is 13.6. The van der Waals surface area contributed by atoms with Gasteiger partial charge in [-0.1, -0.05) is 29.8 Å². The van der Waals surface area contributed by atoms with Crippen LogP contribution in [0.2, 0.25) is 5.02 Å². The molecule has 2 N–H and O–H groups in total. The maximum atomic E-state index is 13.6. The van der Waals surface area contributed by atoms with Gasteiger partial charge in [-0.05, 0) is 44.2 Å². The van der Waals surface area contributed by atoms with Crippen molar-refractivity contribution in [1.29, 1.82) is 0 Å². The average Bonchev–Trinajstić information content (AvgIpc) is 2.53. The molecule has 0 spiro atoms. The summed E-state index contributed by atoms with van der Waals surface area (Å²) in [7, 11) is 0. The van der Waals surface area contributed by atoms with E-state index in [1.54, 1.807) is 24.3 Å². The van der Waals surface area contributed by atoms with Crippen molar-refractivity contribution in [2.75, 3.05) is 5.32 Å². The lowest BCUT2D eigenvalue weighted by atomic mass is 10.1. The highest BCUT2D eigenvalue weighted by atomic mass is 35.5. The van der Waals surface area contributed by atoms with Crippen LogP contribution in [0.4, 0.5) is 10.1 Å². The molecule has 0 aliphatic carbocycles. The van der Waals surface area contributed by atoms with Crippen molar-refractivity contribution in [1.82, 2.24) is 5.32 Å². The summed E-state index contributed by atoms with van der Waals surface area (Å²) in [5.74, 6) is -1.24. The fourth-order valence-electron chi connectivity index (χ4n) is 2.11. The smallest absolute Gasteiger partial charge is 0.253 e. The lowest BCUT2D eigenvalue weighted by molar-refractivity contribution is -0.111. The number of halogens is 2. The van der Waals surface area contributed by atoms with E-state index in [1.165, 1.54) is 30.4 Å². The van der Waals surface area contributed by atoms with Crippen molar-refractivity contribution in [2.24, 2.45) is 0 Å². The van der Waals surface area contributed by atoms with Gasteiger partial charge in [-0.3, -0.25) is 9.59 Å². The lowest BCUT2D eigenvalue weighted by Gasteiger charge is -2.13. The van der Waals surface area contributed by atoms with Crippen LogP contribution in [0.1, 0.15) is 29.8 Å². The zero-order valence-corrected chi connectivity index (χ0v) is 14.6. The second-order valence-corrected chi connectivity index (χ2v) is 6.10. The Kier molecular flexibility index (Phi) is 6.31. The molecule has 0 atom stereocenters. The number of carbonyl (C=O) groups excluding carboxylic acids is 2. The molecule has 0 aromatic heterocycles. The zero-order chi connectivity index (χ0) is 18.4. The van der Waals surface area contributed by atoms with E-state index in [9.17, 15) is 14.0 Å². The first-order valence-corrected chi connectivity index (χ1v) is 8.08. The normalized spacial score (nSPS) is 10.9. The maximum Gasteiger partial charge on any atom is 0.253 e. The lowest BCUT2D eigenvalue weighted by Crippen LogP contribution is -2.31. The van der Waals surface area contributed by atoms with Crippen LogP contribution in [-0.4, -0.2) is 17.9 Å². The van der Waals surface area contributed by atoms with E-state index in [0.29, 0.717) is 16.1 Å². The maximum absolute atomic E-state index is 13.6. The van der Waals surface area contributed by atoms with E-state index in [4.69, 9.17) is 11.6 Å². The molecule has 0 fully saturated rings. The highest BCUT2D eigenvalue weighted by molar-refractivity contribution is 6.31. The number of carbonyl (C=O) groups is 2. The Morgan fingerprint density at radius 2 is 1.88 bits per heavy atom. The number of benzene rings is 2. The molecule has 0 heterocycles. The highest BCUT2D eigenvalue weighted by Crippen LogP contribution is 2.21. The number of amides is 2.